The molecule has 5 rings (SSSR count). The van der Waals surface area contributed by atoms with E-state index in [-0.39, 0.29) is 16.3 Å². The van der Waals surface area contributed by atoms with Gasteiger partial charge < -0.3 is 10.2 Å². The molecule has 202 valence electrons. The number of nitrogens with one attached hydrogen (secondary N) is 1. The Morgan fingerprint density at radius 2 is 1.87 bits per heavy atom. The fraction of sp³-hybridized carbons (Fsp3) is 0.310. The Bertz CT molecular complexity index is 1780. The number of sulfonamides is 1. The Balaban J connectivity index is 1.52. The van der Waals surface area contributed by atoms with E-state index in [1.165, 1.54) is 29.2 Å². The van der Waals surface area contributed by atoms with Gasteiger partial charge in [0.05, 0.1) is 22.0 Å². The summed E-state index contributed by atoms with van der Waals surface area (Å²) in [7, 11) is -4.14. The summed E-state index contributed by atoms with van der Waals surface area (Å²) in [5.74, 6) is 4.94. The van der Waals surface area contributed by atoms with Crippen molar-refractivity contribution in [1.29, 1.82) is 0 Å². The number of anilines is 1. The van der Waals surface area contributed by atoms with Crippen LogP contribution in [0.15, 0.2) is 68.7 Å². The largest absolute Gasteiger partial charge is 0.420 e. The Kier molecular flexibility index (Phi) is 7.05. The van der Waals surface area contributed by atoms with Crippen LogP contribution in [-0.4, -0.2) is 23.5 Å². The number of rotatable bonds is 5. The molecule has 1 atom stereocenters. The van der Waals surface area contributed by atoms with Crippen molar-refractivity contribution in [2.75, 3.05) is 4.72 Å². The predicted octanol–water partition coefficient (Wildman–Crippen LogP) is 4.86. The van der Waals surface area contributed by atoms with Gasteiger partial charge in [-0.05, 0) is 62.1 Å². The van der Waals surface area contributed by atoms with Crippen LogP contribution in [0.3, 0.4) is 0 Å². The monoisotopic (exact) mass is 548 g/mol. The topological polar surface area (TPSA) is 120 Å². The first kappa shape index (κ1) is 26.7. The molecule has 1 fully saturated rings. The van der Waals surface area contributed by atoms with Crippen LogP contribution in [0.2, 0.25) is 0 Å². The lowest BCUT2D eigenvalue weighted by Crippen LogP contribution is -2.40. The van der Waals surface area contributed by atoms with Gasteiger partial charge >= 0.3 is 5.76 Å². The lowest BCUT2D eigenvalue weighted by atomic mass is 9.83. The number of fused-ring (bicyclic) bond motifs is 1. The standard InChI is InChI=1S/C29H29FN4O4S/c1-19-17-23-24(18-25(19)39(36,37)33-27-12-8-11-26(30)32-27)38-28(35)34(23)20(2)22-10-5-4-9-21(22)13-16-29(31)14-6-3-7-15-29/h4-5,8-12,17-18,20H,3,6-7,14-15,31H2,1-2H3,(H,32,33). The Hall–Kier alpha value is -3.94. The Labute approximate surface area is 226 Å². The highest BCUT2D eigenvalue weighted by atomic mass is 32.2. The van der Waals surface area contributed by atoms with Gasteiger partial charge in [0.1, 0.15) is 5.82 Å². The van der Waals surface area contributed by atoms with Gasteiger partial charge in [0, 0.05) is 11.6 Å². The van der Waals surface area contributed by atoms with E-state index in [2.05, 4.69) is 21.5 Å². The Morgan fingerprint density at radius 3 is 2.62 bits per heavy atom. The molecule has 2 aromatic carbocycles. The molecule has 1 saturated carbocycles. The number of oxazole rings is 1. The maximum atomic E-state index is 13.5. The van der Waals surface area contributed by atoms with Crippen LogP contribution in [0.1, 0.15) is 61.8 Å². The summed E-state index contributed by atoms with van der Waals surface area (Å²) in [4.78, 5) is 16.5. The van der Waals surface area contributed by atoms with Gasteiger partial charge in [-0.25, -0.2) is 18.2 Å². The third kappa shape index (κ3) is 5.46. The number of nitrogens with two attached hydrogens (primary N) is 1. The molecule has 10 heteroatoms. The first-order valence-corrected chi connectivity index (χ1v) is 14.3. The fourth-order valence-electron chi connectivity index (χ4n) is 5.09. The maximum Gasteiger partial charge on any atom is 0.420 e. The number of aryl methyl sites for hydroxylation is 1. The smallest absolute Gasteiger partial charge is 0.408 e. The zero-order chi connectivity index (χ0) is 27.8. The molecule has 4 aromatic rings. The lowest BCUT2D eigenvalue weighted by molar-refractivity contribution is 0.370. The molecular weight excluding hydrogens is 519 g/mol. The van der Waals surface area contributed by atoms with Gasteiger partial charge in [-0.1, -0.05) is 55.4 Å². The minimum atomic E-state index is -4.14. The summed E-state index contributed by atoms with van der Waals surface area (Å²) in [6.07, 6.45) is 5.01. The average molecular weight is 549 g/mol. The average Bonchev–Trinajstić information content (AvgIpc) is 3.21. The van der Waals surface area contributed by atoms with E-state index in [0.29, 0.717) is 11.1 Å². The van der Waals surface area contributed by atoms with E-state index >= 15 is 0 Å². The summed E-state index contributed by atoms with van der Waals surface area (Å²) in [5.41, 5.74) is 8.53. The van der Waals surface area contributed by atoms with Gasteiger partial charge in [-0.15, -0.1) is 0 Å². The molecule has 2 aromatic heterocycles. The summed E-state index contributed by atoms with van der Waals surface area (Å²) in [5, 5.41) is 0. The molecule has 1 aliphatic carbocycles. The normalized spacial score (nSPS) is 15.9. The molecule has 0 radical (unpaired) electrons. The number of nitrogens with zero attached hydrogens (tertiary/aromatic N) is 2. The molecule has 8 nitrogen and oxygen atoms in total. The van der Waals surface area contributed by atoms with Gasteiger partial charge in [0.2, 0.25) is 5.95 Å². The van der Waals surface area contributed by atoms with Crippen molar-refractivity contribution in [1.82, 2.24) is 9.55 Å². The summed E-state index contributed by atoms with van der Waals surface area (Å²) < 4.78 is 48.9. The number of halogens is 1. The van der Waals surface area contributed by atoms with Gasteiger partial charge in [0.15, 0.2) is 5.58 Å². The molecule has 3 N–H and O–H groups in total. The highest BCUT2D eigenvalue weighted by molar-refractivity contribution is 7.92. The van der Waals surface area contributed by atoms with E-state index in [1.807, 2.05) is 31.2 Å². The van der Waals surface area contributed by atoms with Crippen LogP contribution in [0, 0.1) is 24.7 Å². The van der Waals surface area contributed by atoms with Crippen LogP contribution >= 0.6 is 0 Å². The zero-order valence-corrected chi connectivity index (χ0v) is 22.5. The SMILES string of the molecule is Cc1cc2c(cc1S(=O)(=O)Nc1cccc(F)n1)oc(=O)n2C(C)c1ccccc1C#CC1(N)CCCCC1. The molecule has 1 aliphatic rings. The molecule has 0 spiro atoms. The quantitative estimate of drug-likeness (QED) is 0.272. The van der Waals surface area contributed by atoms with Crippen LogP contribution in [-0.2, 0) is 10.0 Å². The molecule has 39 heavy (non-hydrogen) atoms. The van der Waals surface area contributed by atoms with Crippen LogP contribution in [0.5, 0.6) is 0 Å². The van der Waals surface area contributed by atoms with Crippen LogP contribution in [0.4, 0.5) is 10.2 Å². The van der Waals surface area contributed by atoms with Crippen molar-refractivity contribution in [3.63, 3.8) is 0 Å². The van der Waals surface area contributed by atoms with Crippen LogP contribution in [0.25, 0.3) is 11.1 Å². The molecule has 0 bridgehead atoms. The number of hydrogen-bond donors (Lipinski definition) is 2. The molecular formula is C29H29FN4O4S. The molecule has 0 aliphatic heterocycles. The number of aromatic nitrogens is 2. The summed E-state index contributed by atoms with van der Waals surface area (Å²) in [6, 6.07) is 13.8. The second kappa shape index (κ2) is 10.3. The third-order valence-corrected chi connectivity index (χ3v) is 8.64. The fourth-order valence-corrected chi connectivity index (χ4v) is 6.34. The summed E-state index contributed by atoms with van der Waals surface area (Å²) >= 11 is 0. The van der Waals surface area contributed by atoms with Crippen LogP contribution < -0.4 is 16.2 Å². The second-order valence-corrected chi connectivity index (χ2v) is 11.7. The highest BCUT2D eigenvalue weighted by Crippen LogP contribution is 2.30. The van der Waals surface area contributed by atoms with E-state index in [1.54, 1.807) is 13.0 Å². The van der Waals surface area contributed by atoms with Gasteiger partial charge in [-0.2, -0.15) is 4.39 Å². The van der Waals surface area contributed by atoms with Crippen molar-refractivity contribution < 1.29 is 17.2 Å². The molecule has 0 amide bonds. The van der Waals surface area contributed by atoms with Crippen molar-refractivity contribution in [3.8, 4) is 11.8 Å². The zero-order valence-electron chi connectivity index (χ0n) is 21.7. The third-order valence-electron chi connectivity index (χ3n) is 7.14. The van der Waals surface area contributed by atoms with Gasteiger partial charge in [0.25, 0.3) is 10.0 Å². The highest BCUT2D eigenvalue weighted by Gasteiger charge is 2.26. The molecule has 0 saturated heterocycles. The summed E-state index contributed by atoms with van der Waals surface area (Å²) in [6.45, 7) is 3.48. The van der Waals surface area contributed by atoms with Crippen molar-refractivity contribution >= 4 is 26.9 Å². The molecule has 2 heterocycles. The minimum absolute atomic E-state index is 0.108. The van der Waals surface area contributed by atoms with Gasteiger partial charge in [-0.3, -0.25) is 9.29 Å². The van der Waals surface area contributed by atoms with Crippen molar-refractivity contribution in [2.45, 2.75) is 62.4 Å². The van der Waals surface area contributed by atoms with E-state index in [9.17, 15) is 17.6 Å². The second-order valence-electron chi connectivity index (χ2n) is 10.0. The van der Waals surface area contributed by atoms with E-state index in [0.717, 1.165) is 42.9 Å². The van der Waals surface area contributed by atoms with Crippen molar-refractivity contribution in [3.05, 3.63) is 87.8 Å². The maximum absolute atomic E-state index is 13.5. The number of hydrogen-bond acceptors (Lipinski definition) is 6. The minimum Gasteiger partial charge on any atom is -0.408 e. The number of pyridine rings is 1. The first-order chi connectivity index (χ1) is 18.6. The van der Waals surface area contributed by atoms with Crippen molar-refractivity contribution in [2.24, 2.45) is 5.73 Å². The predicted molar refractivity (Wildman–Crippen MR) is 147 cm³/mol. The Morgan fingerprint density at radius 1 is 1.13 bits per heavy atom. The molecule has 1 unspecified atom stereocenters. The van der Waals surface area contributed by atoms with E-state index in [4.69, 9.17) is 10.2 Å². The lowest BCUT2D eigenvalue weighted by Gasteiger charge is -2.27. The first-order valence-electron chi connectivity index (χ1n) is 12.8. The number of benzene rings is 2. The van der Waals surface area contributed by atoms with E-state index < -0.39 is 33.3 Å².